The van der Waals surface area contributed by atoms with Crippen LogP contribution in [0.5, 0.6) is 0 Å². The van der Waals surface area contributed by atoms with Crippen LogP contribution in [-0.2, 0) is 14.4 Å². The van der Waals surface area contributed by atoms with Crippen LogP contribution in [0.25, 0.3) is 0 Å². The molecular weight excluding hydrogens is 264 g/mol. The summed E-state index contributed by atoms with van der Waals surface area (Å²) < 4.78 is 0. The third-order valence-electron chi connectivity index (χ3n) is 5.11. The second kappa shape index (κ2) is 7.81. The summed E-state index contributed by atoms with van der Waals surface area (Å²) >= 11 is 0. The van der Waals surface area contributed by atoms with Gasteiger partial charge in [-0.25, -0.2) is 0 Å². The Bertz CT molecular complexity index is 408. The molecule has 0 N–H and O–H groups in total. The minimum atomic E-state index is -0.155. The molecule has 0 aliphatic carbocycles. The fraction of sp³-hybridized carbons (Fsp3) is 0.800. The number of amides is 2. The van der Waals surface area contributed by atoms with E-state index in [0.717, 1.165) is 32.1 Å². The van der Waals surface area contributed by atoms with Gasteiger partial charge in [0.05, 0.1) is 5.68 Å². The zero-order chi connectivity index (χ0) is 16.0. The number of nitrogens with zero attached hydrogens (tertiary/aromatic N) is 1. The standard InChI is InChI=1S/C15H27B2NO3/c1-3-15(17,4-2)11-10-13(20)18(14(11)21)9-7-5-6-8-12(16)19/h11H,3-10,16-17H2,1-2H3. The summed E-state index contributed by atoms with van der Waals surface area (Å²) in [6.45, 7) is 4.69. The molecule has 1 rings (SSSR count). The van der Waals surface area contributed by atoms with Crippen molar-refractivity contribution in [1.82, 2.24) is 4.90 Å². The molecule has 1 aliphatic rings. The number of rotatable bonds is 9. The van der Waals surface area contributed by atoms with Crippen molar-refractivity contribution in [3.05, 3.63) is 0 Å². The van der Waals surface area contributed by atoms with E-state index in [1.165, 1.54) is 4.90 Å². The molecule has 116 valence electrons. The number of carbonyl (C=O) groups is 3. The van der Waals surface area contributed by atoms with Gasteiger partial charge in [0, 0.05) is 18.9 Å². The molecule has 21 heavy (non-hydrogen) atoms. The first-order valence-corrected chi connectivity index (χ1v) is 8.19. The van der Waals surface area contributed by atoms with Gasteiger partial charge in [-0.2, -0.15) is 0 Å². The summed E-state index contributed by atoms with van der Waals surface area (Å²) in [7, 11) is 3.70. The second-order valence-corrected chi connectivity index (χ2v) is 6.51. The molecule has 4 nitrogen and oxygen atoms in total. The van der Waals surface area contributed by atoms with E-state index in [1.807, 2.05) is 0 Å². The Hall–Kier alpha value is -1.06. The maximum atomic E-state index is 12.5. The molecule has 6 heteroatoms. The van der Waals surface area contributed by atoms with Gasteiger partial charge < -0.3 is 4.79 Å². The van der Waals surface area contributed by atoms with Gasteiger partial charge in [-0.1, -0.05) is 33.1 Å². The van der Waals surface area contributed by atoms with Gasteiger partial charge in [0.25, 0.3) is 0 Å². The molecule has 0 radical (unpaired) electrons. The molecule has 0 aromatic heterocycles. The summed E-state index contributed by atoms with van der Waals surface area (Å²) in [5.41, 5.74) is 0.199. The summed E-state index contributed by atoms with van der Waals surface area (Å²) in [6.07, 6.45) is 5.32. The van der Waals surface area contributed by atoms with Gasteiger partial charge in [-0.15, -0.1) is 0 Å². The molecule has 1 saturated heterocycles. The largest absolute Gasteiger partial charge is 0.312 e. The molecule has 2 amide bonds. The van der Waals surface area contributed by atoms with E-state index >= 15 is 0 Å². The zero-order valence-corrected chi connectivity index (χ0v) is 13.9. The van der Waals surface area contributed by atoms with Crippen molar-refractivity contribution in [2.45, 2.75) is 64.1 Å². The van der Waals surface area contributed by atoms with Crippen LogP contribution in [0.1, 0.15) is 58.8 Å². The Morgan fingerprint density at radius 3 is 2.38 bits per heavy atom. The van der Waals surface area contributed by atoms with Crippen LogP contribution in [0.2, 0.25) is 5.31 Å². The third kappa shape index (κ3) is 4.45. The lowest BCUT2D eigenvalue weighted by atomic mass is 9.57. The van der Waals surface area contributed by atoms with Gasteiger partial charge in [0.2, 0.25) is 11.8 Å². The predicted molar refractivity (Wildman–Crippen MR) is 88.7 cm³/mol. The molecule has 1 aliphatic heterocycles. The first kappa shape index (κ1) is 18.0. The zero-order valence-electron chi connectivity index (χ0n) is 13.9. The molecule has 1 heterocycles. The Morgan fingerprint density at radius 1 is 1.24 bits per heavy atom. The van der Waals surface area contributed by atoms with E-state index in [9.17, 15) is 14.4 Å². The smallest absolute Gasteiger partial charge is 0.232 e. The van der Waals surface area contributed by atoms with Crippen molar-refractivity contribution in [1.29, 1.82) is 0 Å². The molecule has 1 atom stereocenters. The average molecular weight is 291 g/mol. The lowest BCUT2D eigenvalue weighted by Gasteiger charge is -2.32. The molecule has 0 aromatic carbocycles. The van der Waals surface area contributed by atoms with Gasteiger partial charge in [-0.3, -0.25) is 14.5 Å². The normalized spacial score (nSPS) is 19.3. The number of imide groups is 1. The van der Waals surface area contributed by atoms with Gasteiger partial charge in [0.1, 0.15) is 7.85 Å². The highest BCUT2D eigenvalue weighted by atomic mass is 16.2. The van der Waals surface area contributed by atoms with Crippen molar-refractivity contribution < 1.29 is 14.4 Å². The van der Waals surface area contributed by atoms with E-state index in [1.54, 1.807) is 7.85 Å². The average Bonchev–Trinajstić information content (AvgIpc) is 2.74. The molecule has 0 aromatic rings. The highest BCUT2D eigenvalue weighted by molar-refractivity contribution is 6.57. The number of likely N-dealkylation sites (tertiary alicyclic amines) is 1. The quantitative estimate of drug-likeness (QED) is 0.357. The minimum absolute atomic E-state index is 0.0118. The number of carbonyl (C=O) groups excluding carboxylic acids is 3. The van der Waals surface area contributed by atoms with E-state index in [2.05, 4.69) is 21.7 Å². The summed E-state index contributed by atoms with van der Waals surface area (Å²) in [5.74, 6) is -0.167. The first-order chi connectivity index (χ1) is 9.85. The van der Waals surface area contributed by atoms with Crippen LogP contribution in [-0.4, -0.2) is 44.6 Å². The summed E-state index contributed by atoms with van der Waals surface area (Å²) in [4.78, 5) is 36.9. The van der Waals surface area contributed by atoms with E-state index in [-0.39, 0.29) is 28.7 Å². The second-order valence-electron chi connectivity index (χ2n) is 6.51. The molecule has 0 bridgehead atoms. The molecule has 0 spiro atoms. The van der Waals surface area contributed by atoms with Crippen LogP contribution < -0.4 is 0 Å². The van der Waals surface area contributed by atoms with E-state index in [4.69, 9.17) is 0 Å². The van der Waals surface area contributed by atoms with Crippen molar-refractivity contribution in [2.24, 2.45) is 5.92 Å². The van der Waals surface area contributed by atoms with E-state index in [0.29, 0.717) is 19.4 Å². The number of hydrogen-bond donors (Lipinski definition) is 0. The van der Waals surface area contributed by atoms with Crippen LogP contribution in [0.15, 0.2) is 0 Å². The van der Waals surface area contributed by atoms with Crippen LogP contribution >= 0.6 is 0 Å². The van der Waals surface area contributed by atoms with Crippen LogP contribution in [0.4, 0.5) is 0 Å². The fourth-order valence-electron chi connectivity index (χ4n) is 3.03. The van der Waals surface area contributed by atoms with E-state index < -0.39 is 0 Å². The summed E-state index contributed by atoms with van der Waals surface area (Å²) in [6, 6.07) is 0. The Balaban J connectivity index is 2.52. The lowest BCUT2D eigenvalue weighted by Crippen LogP contribution is -2.35. The molecule has 1 fully saturated rings. The van der Waals surface area contributed by atoms with Crippen molar-refractivity contribution >= 4 is 33.2 Å². The van der Waals surface area contributed by atoms with Gasteiger partial charge in [0.15, 0.2) is 7.85 Å². The topological polar surface area (TPSA) is 54.5 Å². The Morgan fingerprint density at radius 2 is 1.86 bits per heavy atom. The highest BCUT2D eigenvalue weighted by Crippen LogP contribution is 2.45. The first-order valence-electron chi connectivity index (χ1n) is 8.19. The SMILES string of the molecule is BC(=O)CCCCCN1C(=O)CC(C(B)(CC)CC)C1=O. The van der Waals surface area contributed by atoms with Crippen molar-refractivity contribution in [3.8, 4) is 0 Å². The number of hydrogen-bond acceptors (Lipinski definition) is 3. The minimum Gasteiger partial charge on any atom is -0.312 e. The van der Waals surface area contributed by atoms with Crippen LogP contribution in [0.3, 0.4) is 0 Å². The fourth-order valence-corrected chi connectivity index (χ4v) is 3.03. The monoisotopic (exact) mass is 291 g/mol. The highest BCUT2D eigenvalue weighted by Gasteiger charge is 2.46. The number of unbranched alkanes of at least 4 members (excludes halogenated alkanes) is 2. The van der Waals surface area contributed by atoms with Gasteiger partial charge >= 0.3 is 0 Å². The Kier molecular flexibility index (Phi) is 6.69. The summed E-state index contributed by atoms with van der Waals surface area (Å²) in [5, 5.41) is -0.0733. The molecular formula is C15H27B2NO3. The maximum absolute atomic E-state index is 12.5. The van der Waals surface area contributed by atoms with Crippen LogP contribution in [0, 0.1) is 5.92 Å². The molecule has 1 unspecified atom stereocenters. The molecule has 0 saturated carbocycles. The third-order valence-corrected chi connectivity index (χ3v) is 5.11. The Labute approximate surface area is 129 Å². The van der Waals surface area contributed by atoms with Gasteiger partial charge in [-0.05, 0) is 24.6 Å². The maximum Gasteiger partial charge on any atom is 0.232 e. The predicted octanol–water partition coefficient (Wildman–Crippen LogP) is 0.693. The lowest BCUT2D eigenvalue weighted by molar-refractivity contribution is -0.139. The van der Waals surface area contributed by atoms with Crippen molar-refractivity contribution in [2.75, 3.05) is 6.54 Å². The van der Waals surface area contributed by atoms with Crippen molar-refractivity contribution in [3.63, 3.8) is 0 Å².